The van der Waals surface area contributed by atoms with E-state index < -0.39 is 0 Å². The number of rotatable bonds is 9. The van der Waals surface area contributed by atoms with Crippen molar-refractivity contribution >= 4 is 23.3 Å². The quantitative estimate of drug-likeness (QED) is 0.301. The number of pyridine rings is 2. The molecule has 1 aromatic carbocycles. The van der Waals surface area contributed by atoms with Gasteiger partial charge in [-0.15, -0.1) is 0 Å². The summed E-state index contributed by atoms with van der Waals surface area (Å²) >= 11 is 0. The average molecular weight is 646 g/mol. The van der Waals surface area contributed by atoms with Crippen molar-refractivity contribution in [3.8, 4) is 22.8 Å². The van der Waals surface area contributed by atoms with E-state index in [1.165, 1.54) is 38.2 Å². The number of ether oxygens (including phenoxy) is 2. The number of dihydropyridines is 1. The number of benzene rings is 1. The second-order valence-corrected chi connectivity index (χ2v) is 13.9. The number of amidine groups is 1. The number of halogens is 1. The topological polar surface area (TPSA) is 96.6 Å². The molecule has 6 heterocycles. The third kappa shape index (κ3) is 5.70. The number of nitrogens with zero attached hydrogens (tertiary/aromatic N) is 6. The van der Waals surface area contributed by atoms with Gasteiger partial charge < -0.3 is 14.8 Å². The van der Waals surface area contributed by atoms with Crippen molar-refractivity contribution in [3.05, 3.63) is 77.5 Å². The Morgan fingerprint density at radius 2 is 1.79 bits per heavy atom. The number of aliphatic imine (C=N–C) groups is 3. The Morgan fingerprint density at radius 1 is 0.938 bits per heavy atom. The fourth-order valence-corrected chi connectivity index (χ4v) is 7.82. The first kappa shape index (κ1) is 29.7. The molecule has 2 atom stereocenters. The number of aromatic nitrogens is 2. The summed E-state index contributed by atoms with van der Waals surface area (Å²) in [5.74, 6) is 1.67. The van der Waals surface area contributed by atoms with Crippen molar-refractivity contribution in [2.75, 3.05) is 26.2 Å². The number of allylic oxidation sites excluding steroid dienone is 1. The van der Waals surface area contributed by atoms with Crippen LogP contribution in [-0.4, -0.2) is 77.2 Å². The fraction of sp³-hybridized carbons (Fsp3) is 0.447. The van der Waals surface area contributed by atoms with Crippen molar-refractivity contribution in [1.82, 2.24) is 20.2 Å². The van der Waals surface area contributed by atoms with Crippen LogP contribution in [0.5, 0.6) is 11.5 Å². The molecular weight excluding hydrogens is 605 g/mol. The zero-order chi connectivity index (χ0) is 32.1. The van der Waals surface area contributed by atoms with Gasteiger partial charge in [-0.25, -0.2) is 14.4 Å². The number of nitrogens with one attached hydrogen (secondary N) is 1. The van der Waals surface area contributed by atoms with Crippen LogP contribution >= 0.6 is 0 Å². The molecule has 0 bridgehead atoms. The fourth-order valence-electron chi connectivity index (χ4n) is 7.82. The summed E-state index contributed by atoms with van der Waals surface area (Å²) in [4.78, 5) is 27.0. The van der Waals surface area contributed by atoms with Crippen LogP contribution in [0.2, 0.25) is 0 Å². The minimum atomic E-state index is -0.384. The Hall–Kier alpha value is -4.44. The van der Waals surface area contributed by atoms with E-state index in [0.717, 1.165) is 90.4 Å². The van der Waals surface area contributed by atoms with Gasteiger partial charge in [-0.1, -0.05) is 12.5 Å². The maximum Gasteiger partial charge on any atom is 0.166 e. The van der Waals surface area contributed by atoms with E-state index >= 15 is 0 Å². The number of likely N-dealkylation sites (tertiary alicyclic amines) is 1. The first-order valence-corrected chi connectivity index (χ1v) is 17.6. The smallest absolute Gasteiger partial charge is 0.166 e. The van der Waals surface area contributed by atoms with Crippen LogP contribution in [0.4, 0.5) is 4.39 Å². The molecule has 4 aliphatic heterocycles. The van der Waals surface area contributed by atoms with E-state index in [0.29, 0.717) is 18.2 Å². The van der Waals surface area contributed by atoms with Crippen LogP contribution in [0.1, 0.15) is 74.6 Å². The molecule has 48 heavy (non-hydrogen) atoms. The first-order valence-electron chi connectivity index (χ1n) is 17.6. The molecule has 3 aromatic rings. The van der Waals surface area contributed by atoms with E-state index in [1.54, 1.807) is 18.5 Å². The van der Waals surface area contributed by atoms with Gasteiger partial charge in [-0.05, 0) is 106 Å². The molecule has 0 amide bonds. The minimum absolute atomic E-state index is 0.232. The Morgan fingerprint density at radius 3 is 2.65 bits per heavy atom. The highest BCUT2D eigenvalue weighted by atomic mass is 19.1. The molecule has 9 rings (SSSR count). The third-order valence-electron chi connectivity index (χ3n) is 10.5. The number of hydrogen-bond donors (Lipinski definition) is 1. The highest BCUT2D eigenvalue weighted by Crippen LogP contribution is 2.54. The second kappa shape index (κ2) is 12.2. The first-order chi connectivity index (χ1) is 23.6. The molecular formula is C38H40FN7O2. The lowest BCUT2D eigenvalue weighted by Gasteiger charge is -2.23. The molecule has 246 valence electrons. The van der Waals surface area contributed by atoms with Crippen molar-refractivity contribution in [3.63, 3.8) is 0 Å². The highest BCUT2D eigenvalue weighted by molar-refractivity contribution is 6.49. The lowest BCUT2D eigenvalue weighted by atomic mass is 9.95. The van der Waals surface area contributed by atoms with Gasteiger partial charge in [0.05, 0.1) is 35.3 Å². The average Bonchev–Trinajstić information content (AvgIpc) is 3.39. The van der Waals surface area contributed by atoms with Crippen molar-refractivity contribution in [2.24, 2.45) is 15.0 Å². The summed E-state index contributed by atoms with van der Waals surface area (Å²) < 4.78 is 27.3. The molecule has 1 saturated heterocycles. The maximum absolute atomic E-state index is 14.9. The summed E-state index contributed by atoms with van der Waals surface area (Å²) in [6.45, 7) is 3.59. The lowest BCUT2D eigenvalue weighted by molar-refractivity contribution is 0.154. The lowest BCUT2D eigenvalue weighted by Crippen LogP contribution is -2.39. The zero-order valence-electron chi connectivity index (χ0n) is 27.1. The summed E-state index contributed by atoms with van der Waals surface area (Å²) in [6.07, 6.45) is 17.6. The maximum atomic E-state index is 14.9. The summed E-state index contributed by atoms with van der Waals surface area (Å²) in [7, 11) is 0. The van der Waals surface area contributed by atoms with Crippen LogP contribution in [0.3, 0.4) is 0 Å². The van der Waals surface area contributed by atoms with Gasteiger partial charge in [0, 0.05) is 36.1 Å². The minimum Gasteiger partial charge on any atom is -0.492 e. The van der Waals surface area contributed by atoms with E-state index in [2.05, 4.69) is 32.3 Å². The molecule has 2 aromatic heterocycles. The molecule has 2 unspecified atom stereocenters. The number of fused-ring (bicyclic) bond motifs is 3. The van der Waals surface area contributed by atoms with E-state index in [4.69, 9.17) is 24.4 Å². The SMILES string of the molecule is Fc1cc(OCCN2CCCC2)cc(C2=CC=NC3N=C(C4=NC5(CC5)c5ccc(-c6cncc(OC7CCCCC7)c6)nc54)NC23)c1. The van der Waals surface area contributed by atoms with Gasteiger partial charge in [0.25, 0.3) is 0 Å². The van der Waals surface area contributed by atoms with E-state index in [-0.39, 0.29) is 29.7 Å². The monoisotopic (exact) mass is 645 g/mol. The van der Waals surface area contributed by atoms with Gasteiger partial charge in [0.15, 0.2) is 12.0 Å². The molecule has 2 saturated carbocycles. The molecule has 1 spiro atoms. The van der Waals surface area contributed by atoms with Crippen LogP contribution < -0.4 is 14.8 Å². The summed E-state index contributed by atoms with van der Waals surface area (Å²) in [6, 6.07) is 11.0. The Kier molecular flexibility index (Phi) is 7.56. The van der Waals surface area contributed by atoms with Gasteiger partial charge in [0.2, 0.25) is 0 Å². The van der Waals surface area contributed by atoms with Crippen molar-refractivity contribution in [1.29, 1.82) is 0 Å². The van der Waals surface area contributed by atoms with Crippen LogP contribution in [-0.2, 0) is 5.54 Å². The molecule has 9 nitrogen and oxygen atoms in total. The predicted octanol–water partition coefficient (Wildman–Crippen LogP) is 6.13. The Labute approximate surface area is 280 Å². The standard InChI is InChI=1S/C38H40FN7O2/c39-26-18-24(19-28(21-26)47-17-16-46-14-4-5-15-46)30-10-13-41-36-33(30)43-37(44-36)35-34-31(38(45-35)11-12-38)8-9-32(42-34)25-20-29(23-40-22-25)48-27-6-2-1-3-7-27/h8-10,13,18-23,27,33,36H,1-7,11-12,14-17H2,(H,43,44). The molecule has 1 N–H and O–H groups in total. The highest BCUT2D eigenvalue weighted by Gasteiger charge is 2.52. The van der Waals surface area contributed by atoms with Crippen LogP contribution in [0, 0.1) is 5.82 Å². The molecule has 6 aliphatic rings. The van der Waals surface area contributed by atoms with Crippen molar-refractivity contribution < 1.29 is 13.9 Å². The van der Waals surface area contributed by atoms with Crippen LogP contribution in [0.25, 0.3) is 16.8 Å². The Balaban J connectivity index is 0.953. The van der Waals surface area contributed by atoms with Gasteiger partial charge in [-0.3, -0.25) is 19.9 Å². The van der Waals surface area contributed by atoms with Gasteiger partial charge in [-0.2, -0.15) is 0 Å². The van der Waals surface area contributed by atoms with E-state index in [9.17, 15) is 4.39 Å². The summed E-state index contributed by atoms with van der Waals surface area (Å²) in [5, 5.41) is 3.62. The van der Waals surface area contributed by atoms with Gasteiger partial charge in [0.1, 0.15) is 29.6 Å². The molecule has 0 radical (unpaired) electrons. The van der Waals surface area contributed by atoms with Crippen LogP contribution in [0.15, 0.2) is 69.8 Å². The Bertz CT molecular complexity index is 1850. The second-order valence-electron chi connectivity index (χ2n) is 13.9. The van der Waals surface area contributed by atoms with Crippen molar-refractivity contribution in [2.45, 2.75) is 81.6 Å². The van der Waals surface area contributed by atoms with E-state index in [1.807, 2.05) is 24.4 Å². The third-order valence-corrected chi connectivity index (χ3v) is 10.5. The molecule has 3 fully saturated rings. The summed E-state index contributed by atoms with van der Waals surface area (Å²) in [5.41, 5.74) is 5.94. The molecule has 2 aliphatic carbocycles. The normalized spacial score (nSPS) is 24.1. The number of hydrogen-bond acceptors (Lipinski definition) is 9. The predicted molar refractivity (Wildman–Crippen MR) is 185 cm³/mol. The van der Waals surface area contributed by atoms with Gasteiger partial charge >= 0.3 is 0 Å². The largest absolute Gasteiger partial charge is 0.492 e. The molecule has 10 heteroatoms. The zero-order valence-corrected chi connectivity index (χ0v) is 27.1.